The van der Waals surface area contributed by atoms with E-state index >= 15 is 0 Å². The Morgan fingerprint density at radius 1 is 1.38 bits per heavy atom. The lowest BCUT2D eigenvalue weighted by Gasteiger charge is -2.13. The molecule has 2 rings (SSSR count). The minimum Gasteiger partial charge on any atom is -0.480 e. The molecule has 6 nitrogen and oxygen atoms in total. The Hall–Kier alpha value is -2.37. The van der Waals surface area contributed by atoms with Crippen molar-refractivity contribution < 1.29 is 14.7 Å². The first kappa shape index (κ1) is 15.0. The van der Waals surface area contributed by atoms with Gasteiger partial charge in [-0.05, 0) is 18.6 Å². The zero-order valence-electron chi connectivity index (χ0n) is 12.0. The van der Waals surface area contributed by atoms with Gasteiger partial charge in [-0.2, -0.15) is 0 Å². The summed E-state index contributed by atoms with van der Waals surface area (Å²) in [7, 11) is 0. The Bertz CT molecular complexity index is 636. The van der Waals surface area contributed by atoms with E-state index in [2.05, 4.69) is 10.3 Å². The van der Waals surface area contributed by atoms with E-state index in [1.54, 1.807) is 6.33 Å². The van der Waals surface area contributed by atoms with Crippen LogP contribution in [0, 0.1) is 0 Å². The van der Waals surface area contributed by atoms with Gasteiger partial charge in [-0.15, -0.1) is 0 Å². The molecule has 0 unspecified atom stereocenters. The van der Waals surface area contributed by atoms with Gasteiger partial charge in [0.25, 0.3) is 0 Å². The number of para-hydroxylation sites is 2. The van der Waals surface area contributed by atoms with Gasteiger partial charge in [0, 0.05) is 13.0 Å². The minimum atomic E-state index is -0.988. The molecular formula is C15H19N3O3. The number of aromatic nitrogens is 2. The summed E-state index contributed by atoms with van der Waals surface area (Å²) in [5.41, 5.74) is 1.85. The van der Waals surface area contributed by atoms with Gasteiger partial charge in [-0.25, -0.2) is 9.78 Å². The van der Waals surface area contributed by atoms with Gasteiger partial charge in [0.05, 0.1) is 17.4 Å². The lowest BCUT2D eigenvalue weighted by atomic mass is 10.1. The van der Waals surface area contributed by atoms with E-state index < -0.39 is 12.0 Å². The number of benzene rings is 1. The van der Waals surface area contributed by atoms with Crippen molar-refractivity contribution in [1.82, 2.24) is 14.9 Å². The molecule has 0 aliphatic rings. The molecule has 0 aliphatic carbocycles. The minimum absolute atomic E-state index is 0.230. The van der Waals surface area contributed by atoms with E-state index in [4.69, 9.17) is 5.11 Å². The molecule has 1 heterocycles. The number of aryl methyl sites for hydroxylation is 1. The molecule has 1 amide bonds. The molecule has 1 aromatic heterocycles. The van der Waals surface area contributed by atoms with E-state index in [-0.39, 0.29) is 12.3 Å². The molecule has 0 saturated carbocycles. The number of nitrogens with zero attached hydrogens (tertiary/aromatic N) is 2. The lowest BCUT2D eigenvalue weighted by molar-refractivity contribution is -0.142. The topological polar surface area (TPSA) is 84.2 Å². The Balaban J connectivity index is 1.93. The number of hydrogen-bond acceptors (Lipinski definition) is 3. The van der Waals surface area contributed by atoms with Gasteiger partial charge < -0.3 is 15.0 Å². The number of aliphatic carboxylic acids is 1. The van der Waals surface area contributed by atoms with Crippen molar-refractivity contribution in [2.24, 2.45) is 0 Å². The summed E-state index contributed by atoms with van der Waals surface area (Å²) in [5.74, 6) is -1.24. The van der Waals surface area contributed by atoms with Gasteiger partial charge in [0.1, 0.15) is 6.04 Å². The third-order valence-electron chi connectivity index (χ3n) is 3.32. The van der Waals surface area contributed by atoms with Crippen LogP contribution in [0.1, 0.15) is 26.2 Å². The van der Waals surface area contributed by atoms with Crippen molar-refractivity contribution in [3.63, 3.8) is 0 Å². The van der Waals surface area contributed by atoms with Gasteiger partial charge in [0.15, 0.2) is 0 Å². The molecule has 21 heavy (non-hydrogen) atoms. The Morgan fingerprint density at radius 3 is 2.86 bits per heavy atom. The third kappa shape index (κ3) is 3.81. The first-order valence-electron chi connectivity index (χ1n) is 7.04. The molecule has 0 fully saturated rings. The summed E-state index contributed by atoms with van der Waals surface area (Å²) in [6.45, 7) is 2.37. The highest BCUT2D eigenvalue weighted by Gasteiger charge is 2.18. The number of rotatable bonds is 7. The van der Waals surface area contributed by atoms with Crippen molar-refractivity contribution in [2.75, 3.05) is 0 Å². The maximum absolute atomic E-state index is 11.9. The summed E-state index contributed by atoms with van der Waals surface area (Å²) in [5, 5.41) is 11.6. The number of hydrogen-bond donors (Lipinski definition) is 2. The van der Waals surface area contributed by atoms with Crippen molar-refractivity contribution in [2.45, 2.75) is 38.8 Å². The highest BCUT2D eigenvalue weighted by atomic mass is 16.4. The standard InChI is InChI=1S/C15H19N3O3/c1-2-5-12(15(20)21)17-14(19)8-9-18-10-16-11-6-3-4-7-13(11)18/h3-4,6-7,10,12H,2,5,8-9H2,1H3,(H,17,19)(H,20,21)/t12-/m0/s1. The van der Waals surface area contributed by atoms with Gasteiger partial charge in [0.2, 0.25) is 5.91 Å². The van der Waals surface area contributed by atoms with Crippen LogP contribution in [0.4, 0.5) is 0 Å². The number of imidazole rings is 1. The number of carboxylic acid groups (broad SMARTS) is 1. The Morgan fingerprint density at radius 2 is 2.14 bits per heavy atom. The first-order chi connectivity index (χ1) is 10.1. The Labute approximate surface area is 122 Å². The molecule has 112 valence electrons. The SMILES string of the molecule is CCC[C@H](NC(=O)CCn1cnc2ccccc21)C(=O)O. The predicted molar refractivity (Wildman–Crippen MR) is 78.8 cm³/mol. The first-order valence-corrected chi connectivity index (χ1v) is 7.04. The van der Waals surface area contributed by atoms with Crippen LogP contribution in [-0.2, 0) is 16.1 Å². The zero-order valence-corrected chi connectivity index (χ0v) is 12.0. The summed E-state index contributed by atoms with van der Waals surface area (Å²) in [6, 6.07) is 6.88. The molecule has 2 aromatic rings. The molecule has 6 heteroatoms. The smallest absolute Gasteiger partial charge is 0.326 e. The second kappa shape index (κ2) is 6.88. The van der Waals surface area contributed by atoms with Crippen LogP contribution in [0.5, 0.6) is 0 Å². The second-order valence-electron chi connectivity index (χ2n) is 4.92. The van der Waals surface area contributed by atoms with E-state index in [0.29, 0.717) is 19.4 Å². The molecular weight excluding hydrogens is 270 g/mol. The lowest BCUT2D eigenvalue weighted by Crippen LogP contribution is -2.40. The van der Waals surface area contributed by atoms with E-state index in [1.807, 2.05) is 35.8 Å². The average molecular weight is 289 g/mol. The normalized spacial score (nSPS) is 12.2. The van der Waals surface area contributed by atoms with E-state index in [1.165, 1.54) is 0 Å². The van der Waals surface area contributed by atoms with E-state index in [9.17, 15) is 9.59 Å². The van der Waals surface area contributed by atoms with Crippen LogP contribution >= 0.6 is 0 Å². The number of fused-ring (bicyclic) bond motifs is 1. The monoisotopic (exact) mass is 289 g/mol. The van der Waals surface area contributed by atoms with Crippen LogP contribution in [0.2, 0.25) is 0 Å². The maximum atomic E-state index is 11.9. The number of nitrogens with one attached hydrogen (secondary N) is 1. The quantitative estimate of drug-likeness (QED) is 0.814. The van der Waals surface area contributed by atoms with Gasteiger partial charge in [-0.1, -0.05) is 25.5 Å². The largest absolute Gasteiger partial charge is 0.480 e. The summed E-state index contributed by atoms with van der Waals surface area (Å²) in [6.07, 6.45) is 3.07. The molecule has 2 N–H and O–H groups in total. The fraction of sp³-hybridized carbons (Fsp3) is 0.400. The van der Waals surface area contributed by atoms with Crippen LogP contribution in [0.3, 0.4) is 0 Å². The summed E-state index contributed by atoms with van der Waals surface area (Å²) >= 11 is 0. The average Bonchev–Trinajstić information content (AvgIpc) is 2.88. The molecule has 0 spiro atoms. The predicted octanol–water partition coefficient (Wildman–Crippen LogP) is 1.80. The fourth-order valence-corrected chi connectivity index (χ4v) is 2.22. The molecule has 1 atom stereocenters. The highest BCUT2D eigenvalue weighted by Crippen LogP contribution is 2.12. The summed E-state index contributed by atoms with van der Waals surface area (Å²) < 4.78 is 1.89. The highest BCUT2D eigenvalue weighted by molar-refractivity contribution is 5.83. The van der Waals surface area contributed by atoms with Crippen LogP contribution in [0.25, 0.3) is 11.0 Å². The molecule has 1 aromatic carbocycles. The number of amides is 1. The van der Waals surface area contributed by atoms with Crippen molar-refractivity contribution in [3.8, 4) is 0 Å². The number of carboxylic acids is 1. The van der Waals surface area contributed by atoms with Gasteiger partial charge in [-0.3, -0.25) is 4.79 Å². The van der Waals surface area contributed by atoms with Gasteiger partial charge >= 0.3 is 5.97 Å². The van der Waals surface area contributed by atoms with Crippen LogP contribution in [-0.4, -0.2) is 32.6 Å². The second-order valence-corrected chi connectivity index (χ2v) is 4.92. The third-order valence-corrected chi connectivity index (χ3v) is 3.32. The molecule has 0 bridgehead atoms. The zero-order chi connectivity index (χ0) is 15.2. The fourth-order valence-electron chi connectivity index (χ4n) is 2.22. The molecule has 0 saturated heterocycles. The number of carbonyl (C=O) groups is 2. The number of carbonyl (C=O) groups excluding carboxylic acids is 1. The van der Waals surface area contributed by atoms with Crippen molar-refractivity contribution in [1.29, 1.82) is 0 Å². The Kier molecular flexibility index (Phi) is 4.92. The van der Waals surface area contributed by atoms with Crippen molar-refractivity contribution in [3.05, 3.63) is 30.6 Å². The maximum Gasteiger partial charge on any atom is 0.326 e. The summed E-state index contributed by atoms with van der Waals surface area (Å²) in [4.78, 5) is 27.1. The molecule has 0 aliphatic heterocycles. The van der Waals surface area contributed by atoms with Crippen LogP contribution in [0.15, 0.2) is 30.6 Å². The van der Waals surface area contributed by atoms with Crippen LogP contribution < -0.4 is 5.32 Å². The van der Waals surface area contributed by atoms with E-state index in [0.717, 1.165) is 11.0 Å². The van der Waals surface area contributed by atoms with Crippen molar-refractivity contribution >= 4 is 22.9 Å². The molecule has 0 radical (unpaired) electrons.